The van der Waals surface area contributed by atoms with Crippen LogP contribution in [0, 0.1) is 34.6 Å². The van der Waals surface area contributed by atoms with Crippen LogP contribution in [0.3, 0.4) is 0 Å². The number of halogens is 13. The molecular formula is C89H84ClF12LiN19NaO12. The van der Waals surface area contributed by atoms with Crippen molar-refractivity contribution in [1.29, 1.82) is 0 Å². The number of rotatable bonds is 19. The smallest absolute Gasteiger partial charge is 0.870 e. The summed E-state index contributed by atoms with van der Waals surface area (Å²) < 4.78 is 181. The maximum absolute atomic E-state index is 13.3. The molecule has 0 aliphatic carbocycles. The first kappa shape index (κ1) is 114. The number of alkyl halides is 12. The van der Waals surface area contributed by atoms with Gasteiger partial charge in [-0.2, -0.15) is 66.7 Å². The average Bonchev–Trinajstić information content (AvgIpc) is 1.72. The molecule has 0 aliphatic heterocycles. The fourth-order valence-corrected chi connectivity index (χ4v) is 11.8. The van der Waals surface area contributed by atoms with Crippen LogP contribution in [0.5, 0.6) is 0 Å². The van der Waals surface area contributed by atoms with Crippen molar-refractivity contribution in [3.8, 4) is 72.7 Å². The van der Waals surface area contributed by atoms with Crippen molar-refractivity contribution in [2.24, 2.45) is 10.7 Å². The van der Waals surface area contributed by atoms with E-state index in [2.05, 4.69) is 66.4 Å². The number of amides is 1. The summed E-state index contributed by atoms with van der Waals surface area (Å²) in [5.41, 5.74) is 37.8. The van der Waals surface area contributed by atoms with Crippen LogP contribution in [0.2, 0.25) is 0 Å². The van der Waals surface area contributed by atoms with E-state index >= 15 is 0 Å². The number of aliphatic imine (C=N–C) groups is 1. The number of nitrogens with zero attached hydrogens (tertiary/aromatic N) is 16. The van der Waals surface area contributed by atoms with Crippen LogP contribution in [-0.2, 0) is 42.2 Å². The van der Waals surface area contributed by atoms with Gasteiger partial charge in [0.1, 0.15) is 0 Å². The Hall–Kier alpha value is -13.6. The normalized spacial score (nSPS) is 11.3. The van der Waals surface area contributed by atoms with E-state index < -0.39 is 71.2 Å². The largest absolute Gasteiger partial charge is 1.00 e. The second-order valence-electron chi connectivity index (χ2n) is 28.5. The predicted molar refractivity (Wildman–Crippen MR) is 467 cm³/mol. The number of carbonyl (C=O) groups excluding carboxylic acids is 4. The van der Waals surface area contributed by atoms with Gasteiger partial charge in [0.15, 0.2) is 0 Å². The van der Waals surface area contributed by atoms with Crippen LogP contribution < -0.4 is 65.2 Å². The van der Waals surface area contributed by atoms with Crippen LogP contribution in [0.15, 0.2) is 217 Å². The predicted octanol–water partition coefficient (Wildman–Crippen LogP) is 13.2. The zero-order valence-electron chi connectivity index (χ0n) is 74.5. The van der Waals surface area contributed by atoms with Gasteiger partial charge in [0.05, 0.1) is 79.5 Å². The number of methoxy groups -OCH3 is 5. The number of aromatic nitrogens is 12. The second-order valence-corrected chi connectivity index (χ2v) is 28.9. The number of esters is 3. The van der Waals surface area contributed by atoms with Gasteiger partial charge >= 0.3 is 97.0 Å². The molecule has 3 aromatic heterocycles. The molecule has 0 spiro atoms. The van der Waals surface area contributed by atoms with Crippen molar-refractivity contribution in [1.82, 2.24) is 65.9 Å². The van der Waals surface area contributed by atoms with Gasteiger partial charge in [-0.3, -0.25) is 9.71 Å². The number of benzene rings is 10. The summed E-state index contributed by atoms with van der Waals surface area (Å²) in [4.78, 5) is 64.2. The van der Waals surface area contributed by atoms with Crippen molar-refractivity contribution in [2.75, 3.05) is 54.5 Å². The molecule has 10 aromatic carbocycles. The fourth-order valence-electron chi connectivity index (χ4n) is 11.7. The quantitative estimate of drug-likeness (QED) is 0.00672. The maximum atomic E-state index is 13.3. The molecule has 135 heavy (non-hydrogen) atoms. The Balaban J connectivity index is 0.000000345. The summed E-state index contributed by atoms with van der Waals surface area (Å²) in [5.74, 6) is -7.34. The molecule has 0 bridgehead atoms. The average molecular weight is 1910 g/mol. The molecule has 0 saturated carbocycles. The van der Waals surface area contributed by atoms with Gasteiger partial charge in [0, 0.05) is 37.6 Å². The third-order valence-corrected chi connectivity index (χ3v) is 18.2. The van der Waals surface area contributed by atoms with Crippen molar-refractivity contribution < 1.29 is 159 Å². The van der Waals surface area contributed by atoms with Crippen molar-refractivity contribution in [3.05, 3.63) is 301 Å². The molecule has 0 aliphatic rings. The standard InChI is InChI=1S/C20H20F3N5O2.C17H13ClF3NO2.C17H13F3N4O2.C16H11F3N4O2.C15H15NO2.C4H11NO.Li.N3.Na.H2O/c1-12-4-6-14(7-5-12)15-8-16(18(29)24-13(2)11-30-3)10-17(9-15)28-19(20(21,22)23)25-26-27-28;1-10-3-5-11(6-4-10)12-7-13(15(23)24-2)9-14(8-12)22-16(18)17(19,20)21;1-10-3-5-11(6-4-10)12-7-13(15(25)26-2)9-14(8-12)24-16(17(18,19)20)21-22-23-24;1-9-2-4-10(5-3-9)11-6-12(14(24)25)8-13(7-11)23-15(16(17,18)19)20-21-22-23;1-10-3-5-11(6-4-10)12-7-13(15(17)18-2)9-14(16)8-12;1-4(5)3-6-2;;1-3-2;;/h4-10,13H,11H2,1-3H3,(H,24,29);3-9H,1-2H3;3-9H,1-2H3;2-8H,1H3,(H,24,25);3-9H,16H2,1-2H3;4H,3,5H2,1-2H3;;;;1H2/q;;;;;;+1;-1;+1;/p-1. The molecule has 13 rings (SSSR count). The van der Waals surface area contributed by atoms with Crippen LogP contribution >= 0.6 is 11.6 Å². The van der Waals surface area contributed by atoms with Gasteiger partial charge in [0.25, 0.3) is 23.4 Å². The van der Waals surface area contributed by atoms with E-state index in [1.54, 1.807) is 68.6 Å². The molecule has 1 amide bonds. The minimum Gasteiger partial charge on any atom is -0.870 e. The number of anilines is 1. The van der Waals surface area contributed by atoms with Gasteiger partial charge in [0.2, 0.25) is 5.17 Å². The van der Waals surface area contributed by atoms with E-state index in [4.69, 9.17) is 48.3 Å². The summed E-state index contributed by atoms with van der Waals surface area (Å²) >= 11 is 5.19. The van der Waals surface area contributed by atoms with Crippen LogP contribution in [0.4, 0.5) is 64.1 Å². The zero-order valence-corrected chi connectivity index (χ0v) is 77.2. The number of carboxylic acids is 1. The number of hydrogen-bond donors (Lipinski definition) is 4. The van der Waals surface area contributed by atoms with E-state index in [1.165, 1.54) is 99.6 Å². The fraction of sp³-hybridized carbons (Fsp3) is 0.225. The van der Waals surface area contributed by atoms with Gasteiger partial charge in [-0.1, -0.05) is 161 Å². The number of ether oxygens (including phenoxy) is 5. The first-order chi connectivity index (χ1) is 62.2. The first-order valence-corrected chi connectivity index (χ1v) is 38.9. The molecule has 13 aromatic rings. The summed E-state index contributed by atoms with van der Waals surface area (Å²) in [6.45, 7) is 14.3. The molecule has 31 nitrogen and oxygen atoms in total. The Bertz CT molecular complexity index is 6190. The van der Waals surface area contributed by atoms with Crippen LogP contribution in [0.25, 0.3) is 88.7 Å². The molecule has 0 fully saturated rings. The molecule has 0 radical (unpaired) electrons. The van der Waals surface area contributed by atoms with E-state index in [1.807, 2.05) is 133 Å². The van der Waals surface area contributed by atoms with Gasteiger partial charge in [-0.15, -0.1) is 15.3 Å². The Morgan fingerprint density at radius 3 is 0.993 bits per heavy atom. The van der Waals surface area contributed by atoms with E-state index in [0.29, 0.717) is 66.3 Å². The number of nitrogens with one attached hydrogen (secondary N) is 1. The third-order valence-electron chi connectivity index (χ3n) is 17.9. The molecule has 46 heteroatoms. The minimum atomic E-state index is -4.77. The Kier molecular flexibility index (Phi) is 44.0. The number of carbonyl (C=O) groups is 5. The number of hydrogen-bond acceptors (Lipinski definition) is 23. The summed E-state index contributed by atoms with van der Waals surface area (Å²) in [5, 5.41) is 39.1. The molecule has 700 valence electrons. The van der Waals surface area contributed by atoms with Crippen molar-refractivity contribution in [2.45, 2.75) is 85.3 Å². The first-order valence-electron chi connectivity index (χ1n) is 38.5. The second kappa shape index (κ2) is 52.2. The Morgan fingerprint density at radius 1 is 0.437 bits per heavy atom. The molecule has 2 unspecified atom stereocenters. The minimum absolute atomic E-state index is 0. The Morgan fingerprint density at radius 2 is 0.711 bits per heavy atom. The molecular weight excluding hydrogens is 1820 g/mol. The molecule has 2 atom stereocenters. The van der Waals surface area contributed by atoms with Crippen LogP contribution in [-0.4, -0.2) is 173 Å². The molecule has 0 saturated heterocycles. The number of nitrogen functional groups attached to an aromatic ring is 1. The Labute approximate surface area is 802 Å². The number of tetrazole rings is 3. The zero-order chi connectivity index (χ0) is 97.7. The van der Waals surface area contributed by atoms with Gasteiger partial charge in [-0.05, 0) is 226 Å². The molecule has 7 N–H and O–H groups in total. The maximum Gasteiger partial charge on any atom is 1.00 e. The summed E-state index contributed by atoms with van der Waals surface area (Å²) in [6, 6.07) is 59.1. The number of aryl methyl sites for hydroxylation is 5. The number of aromatic carboxylic acids is 1. The summed E-state index contributed by atoms with van der Waals surface area (Å²) in [7, 11) is 6.89. The molecule has 3 heterocycles. The third kappa shape index (κ3) is 34.1. The van der Waals surface area contributed by atoms with Crippen LogP contribution in [0.1, 0.15) is 111 Å². The SMILES string of the molecule is COC(=O)c1cc(-c2ccc(C)cc2)cc(-n2nnnc2C(F)(F)F)c1.COC(=O)c1cc(N)cc(-c2ccc(C)cc2)c1.COC(=O)c1cc(N=C(Cl)C(F)(F)F)cc(-c2ccc(C)cc2)c1.COCC(C)N.COCC(C)NC(=O)c1cc(-c2ccc(C)cc2)cc(-n2nnnc2C(F)(F)F)c1.Cc1ccc(-c2cc(C(=O)O)cc(-n3nnnc3C(F)(F)F)c2)cc1.[Li+].[N-]=[N+]=[N-].[Na+].[OH-]. The summed E-state index contributed by atoms with van der Waals surface area (Å²) in [6.07, 6.45) is -19.0. The van der Waals surface area contributed by atoms with E-state index in [-0.39, 0.29) is 117 Å². The van der Waals surface area contributed by atoms with E-state index in [9.17, 15) is 81.8 Å². The van der Waals surface area contributed by atoms with Gasteiger partial charge in [-0.25, -0.2) is 24.2 Å². The monoisotopic (exact) mass is 1900 g/mol. The van der Waals surface area contributed by atoms with E-state index in [0.717, 1.165) is 56.1 Å². The number of nitrogens with two attached hydrogens (primary N) is 2. The number of carboxylic acid groups (broad SMARTS) is 1. The van der Waals surface area contributed by atoms with Gasteiger partial charge < -0.3 is 62.1 Å². The topological polar surface area (TPSA) is 448 Å². The van der Waals surface area contributed by atoms with Crippen molar-refractivity contribution >= 4 is 57.9 Å². The van der Waals surface area contributed by atoms with Crippen molar-refractivity contribution in [3.63, 3.8) is 0 Å².